The molecule has 2 aromatic rings. The Morgan fingerprint density at radius 1 is 1.08 bits per heavy atom. The summed E-state index contributed by atoms with van der Waals surface area (Å²) in [6.45, 7) is 0. The van der Waals surface area contributed by atoms with Crippen LogP contribution in [0.3, 0.4) is 0 Å². The smallest absolute Gasteiger partial charge is 0.184 e. The summed E-state index contributed by atoms with van der Waals surface area (Å²) in [5.74, 6) is -3.11. The van der Waals surface area contributed by atoms with E-state index < -0.39 is 28.4 Å². The number of hydrogen-bond acceptors (Lipinski definition) is 3. The number of hydrogen-bond donors (Lipinski definition) is 2. The Labute approximate surface area is 138 Å². The third kappa shape index (κ3) is 3.36. The fraction of sp³-hybridized carbons (Fsp3) is 0.188. The highest BCUT2D eigenvalue weighted by Crippen LogP contribution is 2.34. The van der Waals surface area contributed by atoms with Crippen molar-refractivity contribution in [3.05, 3.63) is 53.3 Å². The first-order valence-electron chi connectivity index (χ1n) is 7.11. The molecule has 0 aliphatic heterocycles. The Hall–Kier alpha value is -2.53. The molecule has 0 aromatic heterocycles. The van der Waals surface area contributed by atoms with Gasteiger partial charge in [-0.05, 0) is 43.2 Å². The minimum atomic E-state index is -1.42. The van der Waals surface area contributed by atoms with Gasteiger partial charge in [0.2, 0.25) is 0 Å². The third-order valence-corrected chi connectivity index (χ3v) is 4.99. The SMILES string of the molecule is N#Cc1ccc(Nc2c(NS(=O)C3CC3)ccc(F)c2F)c(F)c1. The predicted octanol–water partition coefficient (Wildman–Crippen LogP) is 3.96. The molecule has 24 heavy (non-hydrogen) atoms. The van der Waals surface area contributed by atoms with Gasteiger partial charge in [-0.3, -0.25) is 0 Å². The van der Waals surface area contributed by atoms with Crippen LogP contribution in [-0.4, -0.2) is 9.46 Å². The number of benzene rings is 2. The second-order valence-corrected chi connectivity index (χ2v) is 6.78. The molecular formula is C16H12F3N3OS. The molecule has 124 valence electrons. The van der Waals surface area contributed by atoms with Crippen molar-refractivity contribution in [3.63, 3.8) is 0 Å². The maximum atomic E-state index is 14.1. The summed E-state index contributed by atoms with van der Waals surface area (Å²) >= 11 is 0. The van der Waals surface area contributed by atoms with Crippen LogP contribution in [-0.2, 0) is 11.0 Å². The first-order chi connectivity index (χ1) is 11.5. The van der Waals surface area contributed by atoms with Gasteiger partial charge in [0.15, 0.2) is 11.6 Å². The summed E-state index contributed by atoms with van der Waals surface area (Å²) in [6, 6.07) is 7.50. The van der Waals surface area contributed by atoms with Crippen LogP contribution in [0, 0.1) is 28.8 Å². The summed E-state index contributed by atoms with van der Waals surface area (Å²) in [4.78, 5) is 0. The van der Waals surface area contributed by atoms with Gasteiger partial charge in [0.25, 0.3) is 0 Å². The predicted molar refractivity (Wildman–Crippen MR) is 85.5 cm³/mol. The van der Waals surface area contributed by atoms with Crippen molar-refractivity contribution in [2.75, 3.05) is 10.0 Å². The highest BCUT2D eigenvalue weighted by atomic mass is 32.2. The summed E-state index contributed by atoms with van der Waals surface area (Å²) in [6.07, 6.45) is 1.60. The minimum Gasteiger partial charge on any atom is -0.349 e. The van der Waals surface area contributed by atoms with Crippen LogP contribution in [0.15, 0.2) is 30.3 Å². The van der Waals surface area contributed by atoms with Crippen LogP contribution in [0.2, 0.25) is 0 Å². The fourth-order valence-corrected chi connectivity index (χ4v) is 3.17. The van der Waals surface area contributed by atoms with E-state index in [9.17, 15) is 17.4 Å². The molecule has 1 atom stereocenters. The Bertz CT molecular complexity index is 862. The van der Waals surface area contributed by atoms with Crippen LogP contribution in [0.5, 0.6) is 0 Å². The molecule has 0 heterocycles. The molecule has 1 aliphatic carbocycles. The van der Waals surface area contributed by atoms with E-state index >= 15 is 0 Å². The summed E-state index contributed by atoms with van der Waals surface area (Å²) in [5, 5.41) is 11.2. The minimum absolute atomic E-state index is 0.0161. The lowest BCUT2D eigenvalue weighted by Gasteiger charge is -2.15. The van der Waals surface area contributed by atoms with Gasteiger partial charge in [-0.2, -0.15) is 5.26 Å². The van der Waals surface area contributed by atoms with Crippen molar-refractivity contribution >= 4 is 28.0 Å². The van der Waals surface area contributed by atoms with E-state index in [0.717, 1.165) is 25.0 Å². The Morgan fingerprint density at radius 3 is 2.42 bits per heavy atom. The lowest BCUT2D eigenvalue weighted by atomic mass is 10.2. The van der Waals surface area contributed by atoms with Crippen LogP contribution < -0.4 is 10.0 Å². The van der Waals surface area contributed by atoms with Gasteiger partial charge in [0.1, 0.15) is 22.5 Å². The van der Waals surface area contributed by atoms with E-state index in [4.69, 9.17) is 5.26 Å². The normalized spacial score (nSPS) is 14.8. The second kappa shape index (κ2) is 6.53. The molecule has 1 fully saturated rings. The fourth-order valence-electron chi connectivity index (χ4n) is 2.05. The van der Waals surface area contributed by atoms with Gasteiger partial charge < -0.3 is 10.0 Å². The molecule has 0 amide bonds. The van der Waals surface area contributed by atoms with E-state index in [2.05, 4.69) is 10.0 Å². The second-order valence-electron chi connectivity index (χ2n) is 5.31. The zero-order chi connectivity index (χ0) is 17.3. The van der Waals surface area contributed by atoms with Gasteiger partial charge in [0.05, 0.1) is 28.3 Å². The largest absolute Gasteiger partial charge is 0.349 e. The zero-order valence-corrected chi connectivity index (χ0v) is 13.1. The lowest BCUT2D eigenvalue weighted by Crippen LogP contribution is -2.12. The van der Waals surface area contributed by atoms with Gasteiger partial charge in [0, 0.05) is 0 Å². The number of nitrogens with one attached hydrogen (secondary N) is 2. The van der Waals surface area contributed by atoms with Gasteiger partial charge in [-0.15, -0.1) is 0 Å². The molecule has 3 rings (SSSR count). The van der Waals surface area contributed by atoms with Crippen molar-refractivity contribution in [1.82, 2.24) is 0 Å². The van der Waals surface area contributed by atoms with Crippen LogP contribution in [0.25, 0.3) is 0 Å². The van der Waals surface area contributed by atoms with Crippen molar-refractivity contribution < 1.29 is 17.4 Å². The van der Waals surface area contributed by atoms with Crippen molar-refractivity contribution in [1.29, 1.82) is 5.26 Å². The first-order valence-corrected chi connectivity index (χ1v) is 8.33. The Kier molecular flexibility index (Phi) is 4.44. The zero-order valence-electron chi connectivity index (χ0n) is 12.3. The molecule has 8 heteroatoms. The number of halogens is 3. The van der Waals surface area contributed by atoms with E-state index in [1.807, 2.05) is 0 Å². The quantitative estimate of drug-likeness (QED) is 0.857. The molecule has 0 spiro atoms. The van der Waals surface area contributed by atoms with Crippen molar-refractivity contribution in [2.24, 2.45) is 0 Å². The molecule has 0 saturated heterocycles. The number of nitrogens with zero attached hydrogens (tertiary/aromatic N) is 1. The van der Waals surface area contributed by atoms with Crippen molar-refractivity contribution in [3.8, 4) is 6.07 Å². The molecule has 1 aliphatic rings. The first kappa shape index (κ1) is 16.3. The topological polar surface area (TPSA) is 64.9 Å². The molecule has 1 unspecified atom stereocenters. The van der Waals surface area contributed by atoms with Crippen molar-refractivity contribution in [2.45, 2.75) is 18.1 Å². The van der Waals surface area contributed by atoms with Crippen LogP contribution >= 0.6 is 0 Å². The molecule has 2 aromatic carbocycles. The number of anilines is 3. The molecular weight excluding hydrogens is 339 g/mol. The van der Waals surface area contributed by atoms with E-state index in [0.29, 0.717) is 0 Å². The summed E-state index contributed by atoms with van der Waals surface area (Å²) in [5.41, 5.74) is -0.291. The van der Waals surface area contributed by atoms with E-state index in [1.165, 1.54) is 18.2 Å². The Balaban J connectivity index is 1.95. The molecule has 0 radical (unpaired) electrons. The molecule has 2 N–H and O–H groups in total. The van der Waals surface area contributed by atoms with Gasteiger partial charge in [-0.1, -0.05) is 0 Å². The van der Waals surface area contributed by atoms with E-state index in [1.54, 1.807) is 6.07 Å². The standard InChI is InChI=1S/C16H12F3N3OS/c17-11-4-6-14(22-24(23)10-2-3-10)16(15(11)19)21-13-5-1-9(8-20)7-12(13)18/h1,4-7,10,21-22H,2-3H2. The van der Waals surface area contributed by atoms with Gasteiger partial charge in [-0.25, -0.2) is 17.4 Å². The maximum absolute atomic E-state index is 14.1. The third-order valence-electron chi connectivity index (χ3n) is 3.49. The van der Waals surface area contributed by atoms with Crippen LogP contribution in [0.1, 0.15) is 18.4 Å². The number of rotatable bonds is 5. The molecule has 4 nitrogen and oxygen atoms in total. The monoisotopic (exact) mass is 351 g/mol. The highest BCUT2D eigenvalue weighted by Gasteiger charge is 2.29. The lowest BCUT2D eigenvalue weighted by molar-refractivity contribution is 0.512. The average Bonchev–Trinajstić information content (AvgIpc) is 3.40. The molecule has 0 bridgehead atoms. The van der Waals surface area contributed by atoms with Crippen LogP contribution in [0.4, 0.5) is 30.2 Å². The maximum Gasteiger partial charge on any atom is 0.184 e. The summed E-state index contributed by atoms with van der Waals surface area (Å²) in [7, 11) is -1.42. The Morgan fingerprint density at radius 2 is 1.79 bits per heavy atom. The number of nitriles is 1. The average molecular weight is 351 g/mol. The highest BCUT2D eigenvalue weighted by molar-refractivity contribution is 7.87. The molecule has 1 saturated carbocycles. The van der Waals surface area contributed by atoms with Gasteiger partial charge >= 0.3 is 0 Å². The van der Waals surface area contributed by atoms with E-state index in [-0.39, 0.29) is 27.9 Å². The summed E-state index contributed by atoms with van der Waals surface area (Å²) < 4.78 is 56.3.